The minimum absolute atomic E-state index is 0.215. The number of carbonyl (C=O) groups excluding carboxylic acids is 1. The van der Waals surface area contributed by atoms with E-state index in [-0.39, 0.29) is 12.1 Å². The number of benzene rings is 3. The molecule has 2 heterocycles. The number of urea groups is 1. The van der Waals surface area contributed by atoms with Gasteiger partial charge in [0.25, 0.3) is 0 Å². The maximum Gasteiger partial charge on any atom is 0.322 e. The zero-order chi connectivity index (χ0) is 22.8. The van der Waals surface area contributed by atoms with Crippen LogP contribution in [-0.2, 0) is 0 Å². The first kappa shape index (κ1) is 20.9. The number of likely N-dealkylation sites (tertiary alicyclic amines) is 1. The first-order chi connectivity index (χ1) is 16.2. The molecule has 3 aromatic carbocycles. The molecule has 0 spiro atoms. The predicted molar refractivity (Wildman–Crippen MR) is 127 cm³/mol. The molecule has 5 rings (SSSR count). The number of hydrogen-bond acceptors (Lipinski definition) is 5. The Hall–Kier alpha value is -4.00. The van der Waals surface area contributed by atoms with Gasteiger partial charge in [-0.2, -0.15) is 0 Å². The Morgan fingerprint density at radius 2 is 1.88 bits per heavy atom. The van der Waals surface area contributed by atoms with Crippen molar-refractivity contribution in [2.45, 2.75) is 18.9 Å². The van der Waals surface area contributed by atoms with Crippen LogP contribution in [0.5, 0.6) is 11.5 Å². The van der Waals surface area contributed by atoms with Crippen LogP contribution in [0, 0.1) is 0 Å². The van der Waals surface area contributed by atoms with Gasteiger partial charge in [-0.3, -0.25) is 0 Å². The number of hydrogen-bond donors (Lipinski definition) is 1. The van der Waals surface area contributed by atoms with Crippen LogP contribution in [0.4, 0.5) is 10.5 Å². The maximum atomic E-state index is 13.1. The molecule has 7 heteroatoms. The van der Waals surface area contributed by atoms with E-state index in [0.717, 1.165) is 29.5 Å². The molecule has 1 fully saturated rings. The summed E-state index contributed by atoms with van der Waals surface area (Å²) in [7, 11) is 3.15. The van der Waals surface area contributed by atoms with Gasteiger partial charge in [-0.05, 0) is 48.2 Å². The standard InChI is InChI=1S/C26H25N3O4/c1-31-19-11-12-20(24(16-19)32-2)28-26(30)29-14-6-9-22(29)25-27-21-15-18(10-13-23(21)33-25)17-7-4-3-5-8-17/h3-5,7-8,10-13,15-16,22H,6,9,14H2,1-2H3,(H,28,30)/t22-/m1/s1. The molecular weight excluding hydrogens is 418 g/mol. The molecule has 1 aromatic heterocycles. The molecule has 4 aromatic rings. The average Bonchev–Trinajstić information content (AvgIpc) is 3.51. The number of nitrogens with one attached hydrogen (secondary N) is 1. The molecule has 1 N–H and O–H groups in total. The largest absolute Gasteiger partial charge is 0.497 e. The van der Waals surface area contributed by atoms with E-state index in [0.29, 0.717) is 35.2 Å². The molecular formula is C26H25N3O4. The van der Waals surface area contributed by atoms with Gasteiger partial charge in [0.15, 0.2) is 5.58 Å². The van der Waals surface area contributed by atoms with E-state index in [1.54, 1.807) is 37.3 Å². The molecule has 0 aliphatic carbocycles. The Bertz CT molecular complexity index is 1290. The summed E-state index contributed by atoms with van der Waals surface area (Å²) in [6.07, 6.45) is 1.68. The fraction of sp³-hybridized carbons (Fsp3) is 0.231. The summed E-state index contributed by atoms with van der Waals surface area (Å²) in [4.78, 5) is 19.7. The Morgan fingerprint density at radius 3 is 2.67 bits per heavy atom. The smallest absolute Gasteiger partial charge is 0.322 e. The molecule has 2 amide bonds. The lowest BCUT2D eigenvalue weighted by atomic mass is 10.1. The molecule has 0 radical (unpaired) electrons. The Kier molecular flexibility index (Phi) is 5.60. The number of ether oxygens (including phenoxy) is 2. The van der Waals surface area contributed by atoms with Crippen LogP contribution in [0.1, 0.15) is 24.8 Å². The molecule has 0 unspecified atom stereocenters. The number of amides is 2. The number of fused-ring (bicyclic) bond motifs is 1. The van der Waals surface area contributed by atoms with E-state index in [9.17, 15) is 4.79 Å². The highest BCUT2D eigenvalue weighted by molar-refractivity contribution is 5.91. The molecule has 168 valence electrons. The number of methoxy groups -OCH3 is 2. The van der Waals surface area contributed by atoms with Crippen molar-refractivity contribution in [1.29, 1.82) is 0 Å². The van der Waals surface area contributed by atoms with E-state index in [1.165, 1.54) is 0 Å². The highest BCUT2D eigenvalue weighted by atomic mass is 16.5. The third-order valence-electron chi connectivity index (χ3n) is 5.96. The SMILES string of the molecule is COc1ccc(NC(=O)N2CCC[C@@H]2c2nc3cc(-c4ccccc4)ccc3o2)c(OC)c1. The van der Waals surface area contributed by atoms with Crippen LogP contribution >= 0.6 is 0 Å². The summed E-state index contributed by atoms with van der Waals surface area (Å²) in [6, 6.07) is 21.0. The van der Waals surface area contributed by atoms with Gasteiger partial charge in [0.1, 0.15) is 23.1 Å². The van der Waals surface area contributed by atoms with Crippen molar-refractivity contribution in [2.24, 2.45) is 0 Å². The molecule has 1 aliphatic heterocycles. The maximum absolute atomic E-state index is 13.1. The predicted octanol–water partition coefficient (Wildman–Crippen LogP) is 5.88. The van der Waals surface area contributed by atoms with Gasteiger partial charge < -0.3 is 24.1 Å². The van der Waals surface area contributed by atoms with Crippen LogP contribution in [0.2, 0.25) is 0 Å². The van der Waals surface area contributed by atoms with E-state index in [1.807, 2.05) is 36.4 Å². The fourth-order valence-electron chi connectivity index (χ4n) is 4.25. The van der Waals surface area contributed by atoms with E-state index in [4.69, 9.17) is 18.9 Å². The second kappa shape index (κ2) is 8.86. The van der Waals surface area contributed by atoms with Gasteiger partial charge >= 0.3 is 6.03 Å². The number of nitrogens with zero attached hydrogens (tertiary/aromatic N) is 2. The molecule has 1 atom stereocenters. The van der Waals surface area contributed by atoms with E-state index >= 15 is 0 Å². The van der Waals surface area contributed by atoms with Crippen LogP contribution in [0.25, 0.3) is 22.2 Å². The van der Waals surface area contributed by atoms with Crippen LogP contribution < -0.4 is 14.8 Å². The lowest BCUT2D eigenvalue weighted by molar-refractivity contribution is 0.198. The third kappa shape index (κ3) is 4.09. The van der Waals surface area contributed by atoms with Gasteiger partial charge in [0.2, 0.25) is 5.89 Å². The Balaban J connectivity index is 1.38. The lowest BCUT2D eigenvalue weighted by Crippen LogP contribution is -2.34. The second-order valence-corrected chi connectivity index (χ2v) is 7.95. The number of oxazole rings is 1. The summed E-state index contributed by atoms with van der Waals surface area (Å²) >= 11 is 0. The quantitative estimate of drug-likeness (QED) is 0.417. The van der Waals surface area contributed by atoms with Crippen molar-refractivity contribution in [3.63, 3.8) is 0 Å². The monoisotopic (exact) mass is 443 g/mol. The van der Waals surface area contributed by atoms with Crippen molar-refractivity contribution in [2.75, 3.05) is 26.1 Å². The first-order valence-corrected chi connectivity index (χ1v) is 10.9. The normalized spacial score (nSPS) is 15.6. The van der Waals surface area contributed by atoms with Gasteiger partial charge in [-0.1, -0.05) is 36.4 Å². The summed E-state index contributed by atoms with van der Waals surface area (Å²) in [6.45, 7) is 0.628. The molecule has 1 saturated heterocycles. The van der Waals surface area contributed by atoms with Crippen molar-refractivity contribution >= 4 is 22.8 Å². The fourth-order valence-corrected chi connectivity index (χ4v) is 4.25. The Labute approximate surface area is 191 Å². The molecule has 0 bridgehead atoms. The highest BCUT2D eigenvalue weighted by Gasteiger charge is 2.34. The number of anilines is 1. The summed E-state index contributed by atoms with van der Waals surface area (Å²) in [5.41, 5.74) is 4.29. The van der Waals surface area contributed by atoms with E-state index < -0.39 is 0 Å². The molecule has 33 heavy (non-hydrogen) atoms. The molecule has 1 aliphatic rings. The van der Waals surface area contributed by atoms with E-state index in [2.05, 4.69) is 17.4 Å². The minimum Gasteiger partial charge on any atom is -0.497 e. The van der Waals surface area contributed by atoms with Crippen LogP contribution in [0.3, 0.4) is 0 Å². The number of aromatic nitrogens is 1. The Morgan fingerprint density at radius 1 is 1.03 bits per heavy atom. The van der Waals surface area contributed by atoms with Crippen LogP contribution in [-0.4, -0.2) is 36.7 Å². The van der Waals surface area contributed by atoms with Crippen molar-refractivity contribution in [3.05, 3.63) is 72.6 Å². The molecule has 0 saturated carbocycles. The zero-order valence-electron chi connectivity index (χ0n) is 18.6. The van der Waals surface area contributed by atoms with Gasteiger partial charge in [-0.15, -0.1) is 0 Å². The van der Waals surface area contributed by atoms with Crippen molar-refractivity contribution in [3.8, 4) is 22.6 Å². The summed E-state index contributed by atoms with van der Waals surface area (Å²) < 4.78 is 16.7. The zero-order valence-corrected chi connectivity index (χ0v) is 18.6. The van der Waals surface area contributed by atoms with Gasteiger partial charge in [0, 0.05) is 12.6 Å². The minimum atomic E-state index is -0.221. The summed E-state index contributed by atoms with van der Waals surface area (Å²) in [5.74, 6) is 1.75. The van der Waals surface area contributed by atoms with Crippen molar-refractivity contribution in [1.82, 2.24) is 9.88 Å². The first-order valence-electron chi connectivity index (χ1n) is 10.9. The topological polar surface area (TPSA) is 76.8 Å². The number of carbonyl (C=O) groups is 1. The third-order valence-corrected chi connectivity index (χ3v) is 5.96. The van der Waals surface area contributed by atoms with Gasteiger partial charge in [0.05, 0.1) is 19.9 Å². The van der Waals surface area contributed by atoms with Crippen LogP contribution in [0.15, 0.2) is 71.1 Å². The highest BCUT2D eigenvalue weighted by Crippen LogP contribution is 2.36. The van der Waals surface area contributed by atoms with Crippen molar-refractivity contribution < 1.29 is 18.7 Å². The molecule has 7 nitrogen and oxygen atoms in total. The average molecular weight is 444 g/mol. The number of rotatable bonds is 5. The lowest BCUT2D eigenvalue weighted by Gasteiger charge is -2.23. The summed E-state index contributed by atoms with van der Waals surface area (Å²) in [5, 5.41) is 2.96. The van der Waals surface area contributed by atoms with Gasteiger partial charge in [-0.25, -0.2) is 9.78 Å². The second-order valence-electron chi connectivity index (χ2n) is 7.95.